The van der Waals surface area contributed by atoms with Crippen LogP contribution in [0.2, 0.25) is 0 Å². The molecule has 0 saturated carbocycles. The first-order valence-corrected chi connectivity index (χ1v) is 15.9. The average Bonchev–Trinajstić information content (AvgIpc) is 3.48. The van der Waals surface area contributed by atoms with Gasteiger partial charge in [0, 0.05) is 33.0 Å². The SMILES string of the molecule is c1ccc(-c2ccc3c(c2)c2cc(-c4ccc5nc(-c6ccccc6)nc(-c6ccccc6)c5c4)ccc2n3-c2ccccc2)cc1. The molecule has 47 heavy (non-hydrogen) atoms. The molecule has 2 heterocycles. The van der Waals surface area contributed by atoms with E-state index in [1.54, 1.807) is 0 Å². The maximum Gasteiger partial charge on any atom is 0.160 e. The molecule has 0 unspecified atom stereocenters. The molecule has 0 spiro atoms. The molecule has 0 saturated heterocycles. The van der Waals surface area contributed by atoms with Gasteiger partial charge in [0.05, 0.1) is 22.2 Å². The van der Waals surface area contributed by atoms with E-state index in [0.29, 0.717) is 0 Å². The van der Waals surface area contributed by atoms with Gasteiger partial charge in [0.15, 0.2) is 5.82 Å². The van der Waals surface area contributed by atoms with Crippen molar-refractivity contribution in [3.05, 3.63) is 176 Å². The van der Waals surface area contributed by atoms with E-state index in [2.05, 4.69) is 156 Å². The fourth-order valence-electron chi connectivity index (χ4n) is 6.71. The quantitative estimate of drug-likeness (QED) is 0.197. The van der Waals surface area contributed by atoms with E-state index in [0.717, 1.165) is 50.4 Å². The minimum atomic E-state index is 0.731. The summed E-state index contributed by atoms with van der Waals surface area (Å²) in [5, 5.41) is 3.48. The van der Waals surface area contributed by atoms with Gasteiger partial charge in [-0.3, -0.25) is 0 Å². The zero-order valence-electron chi connectivity index (χ0n) is 25.6. The third-order valence-corrected chi connectivity index (χ3v) is 8.99. The van der Waals surface area contributed by atoms with Crippen LogP contribution in [-0.4, -0.2) is 14.5 Å². The van der Waals surface area contributed by atoms with Gasteiger partial charge < -0.3 is 4.57 Å². The van der Waals surface area contributed by atoms with E-state index < -0.39 is 0 Å². The first kappa shape index (κ1) is 27.0. The van der Waals surface area contributed by atoms with Gasteiger partial charge in [0.1, 0.15) is 0 Å². The van der Waals surface area contributed by atoms with Crippen molar-refractivity contribution >= 4 is 32.7 Å². The maximum absolute atomic E-state index is 5.13. The molecule has 0 aliphatic rings. The Morgan fingerprint density at radius 1 is 0.340 bits per heavy atom. The summed E-state index contributed by atoms with van der Waals surface area (Å²) in [6.07, 6.45) is 0. The number of para-hydroxylation sites is 1. The van der Waals surface area contributed by atoms with Crippen molar-refractivity contribution in [1.82, 2.24) is 14.5 Å². The van der Waals surface area contributed by atoms with Crippen LogP contribution >= 0.6 is 0 Å². The second-order valence-electron chi connectivity index (χ2n) is 11.9. The van der Waals surface area contributed by atoms with Crippen molar-refractivity contribution in [2.24, 2.45) is 0 Å². The number of nitrogens with zero attached hydrogens (tertiary/aromatic N) is 3. The summed E-state index contributed by atoms with van der Waals surface area (Å²) in [6.45, 7) is 0. The van der Waals surface area contributed by atoms with Crippen molar-refractivity contribution in [3.8, 4) is 50.6 Å². The largest absolute Gasteiger partial charge is 0.309 e. The Morgan fingerprint density at radius 2 is 0.809 bits per heavy atom. The first-order chi connectivity index (χ1) is 23.3. The van der Waals surface area contributed by atoms with E-state index in [-0.39, 0.29) is 0 Å². The van der Waals surface area contributed by atoms with Crippen molar-refractivity contribution in [3.63, 3.8) is 0 Å². The molecular weight excluding hydrogens is 571 g/mol. The molecule has 220 valence electrons. The van der Waals surface area contributed by atoms with Gasteiger partial charge in [-0.25, -0.2) is 9.97 Å². The highest BCUT2D eigenvalue weighted by atomic mass is 15.0. The third kappa shape index (κ3) is 4.77. The van der Waals surface area contributed by atoms with E-state index in [1.807, 2.05) is 24.3 Å². The summed E-state index contributed by atoms with van der Waals surface area (Å²) in [7, 11) is 0. The van der Waals surface area contributed by atoms with Crippen molar-refractivity contribution in [2.75, 3.05) is 0 Å². The Hall–Kier alpha value is -6.32. The van der Waals surface area contributed by atoms with Gasteiger partial charge in [-0.1, -0.05) is 127 Å². The molecule has 2 aromatic heterocycles. The molecule has 0 N–H and O–H groups in total. The second-order valence-corrected chi connectivity index (χ2v) is 11.9. The zero-order valence-corrected chi connectivity index (χ0v) is 25.6. The lowest BCUT2D eigenvalue weighted by atomic mass is 9.98. The summed E-state index contributed by atoms with van der Waals surface area (Å²) in [6, 6.07) is 62.1. The standard InChI is InChI=1S/C44H29N3/c1-5-13-30(14-6-1)33-22-25-41-37(27-33)38-28-35(23-26-42(38)47(41)36-19-11-4-12-20-36)34-21-24-40-39(29-34)43(31-15-7-2-8-16-31)46-44(45-40)32-17-9-3-10-18-32/h1-29H. The highest BCUT2D eigenvalue weighted by molar-refractivity contribution is 6.12. The molecule has 7 aromatic carbocycles. The minimum Gasteiger partial charge on any atom is -0.309 e. The lowest BCUT2D eigenvalue weighted by Crippen LogP contribution is -1.95. The molecule has 9 aromatic rings. The van der Waals surface area contributed by atoms with Crippen LogP contribution in [0, 0.1) is 0 Å². The van der Waals surface area contributed by atoms with E-state index in [1.165, 1.54) is 32.9 Å². The molecule has 3 nitrogen and oxygen atoms in total. The van der Waals surface area contributed by atoms with E-state index in [4.69, 9.17) is 9.97 Å². The summed E-state index contributed by atoms with van der Waals surface area (Å²) < 4.78 is 2.37. The third-order valence-electron chi connectivity index (χ3n) is 8.99. The van der Waals surface area contributed by atoms with Crippen LogP contribution in [0.15, 0.2) is 176 Å². The molecule has 0 fully saturated rings. The second kappa shape index (κ2) is 11.2. The number of benzene rings is 7. The lowest BCUT2D eigenvalue weighted by Gasteiger charge is -2.12. The smallest absolute Gasteiger partial charge is 0.160 e. The summed E-state index contributed by atoms with van der Waals surface area (Å²) >= 11 is 0. The minimum absolute atomic E-state index is 0.731. The van der Waals surface area contributed by atoms with Crippen LogP contribution in [0.4, 0.5) is 0 Å². The Morgan fingerprint density at radius 3 is 1.40 bits per heavy atom. The molecule has 0 bridgehead atoms. The number of aromatic nitrogens is 3. The van der Waals surface area contributed by atoms with Crippen LogP contribution in [-0.2, 0) is 0 Å². The van der Waals surface area contributed by atoms with Crippen LogP contribution < -0.4 is 0 Å². The van der Waals surface area contributed by atoms with Crippen LogP contribution in [0.5, 0.6) is 0 Å². The maximum atomic E-state index is 5.13. The van der Waals surface area contributed by atoms with Crippen molar-refractivity contribution in [2.45, 2.75) is 0 Å². The van der Waals surface area contributed by atoms with Crippen molar-refractivity contribution in [1.29, 1.82) is 0 Å². The van der Waals surface area contributed by atoms with Gasteiger partial charge in [-0.05, 0) is 70.8 Å². The molecule has 0 aliphatic heterocycles. The molecule has 0 radical (unpaired) electrons. The molecule has 0 amide bonds. The Kier molecular flexibility index (Phi) is 6.46. The number of rotatable bonds is 5. The lowest BCUT2D eigenvalue weighted by molar-refractivity contribution is 1.18. The monoisotopic (exact) mass is 599 g/mol. The van der Waals surface area contributed by atoms with Crippen molar-refractivity contribution < 1.29 is 0 Å². The Bertz CT molecular complexity index is 2540. The van der Waals surface area contributed by atoms with Gasteiger partial charge in [-0.2, -0.15) is 0 Å². The predicted octanol–water partition coefficient (Wildman–Crippen LogP) is 11.4. The number of hydrogen-bond acceptors (Lipinski definition) is 2. The molecule has 0 atom stereocenters. The zero-order chi connectivity index (χ0) is 31.2. The summed E-state index contributed by atoms with van der Waals surface area (Å²) in [5.41, 5.74) is 12.2. The first-order valence-electron chi connectivity index (χ1n) is 15.9. The highest BCUT2D eigenvalue weighted by Crippen LogP contribution is 2.38. The summed E-state index contributed by atoms with van der Waals surface area (Å²) in [5.74, 6) is 0.731. The normalized spacial score (nSPS) is 11.4. The van der Waals surface area contributed by atoms with E-state index in [9.17, 15) is 0 Å². The predicted molar refractivity (Wildman–Crippen MR) is 196 cm³/mol. The van der Waals surface area contributed by atoms with Crippen LogP contribution in [0.3, 0.4) is 0 Å². The Balaban J connectivity index is 1.26. The fraction of sp³-hybridized carbons (Fsp3) is 0. The Labute approximate surface area is 273 Å². The van der Waals surface area contributed by atoms with E-state index >= 15 is 0 Å². The average molecular weight is 600 g/mol. The van der Waals surface area contributed by atoms with Gasteiger partial charge >= 0.3 is 0 Å². The van der Waals surface area contributed by atoms with Gasteiger partial charge in [0.2, 0.25) is 0 Å². The highest BCUT2D eigenvalue weighted by Gasteiger charge is 2.16. The van der Waals surface area contributed by atoms with Crippen LogP contribution in [0.1, 0.15) is 0 Å². The number of hydrogen-bond donors (Lipinski definition) is 0. The molecular formula is C44H29N3. The van der Waals surface area contributed by atoms with Crippen LogP contribution in [0.25, 0.3) is 83.3 Å². The molecule has 0 aliphatic carbocycles. The van der Waals surface area contributed by atoms with Gasteiger partial charge in [-0.15, -0.1) is 0 Å². The van der Waals surface area contributed by atoms with Gasteiger partial charge in [0.25, 0.3) is 0 Å². The summed E-state index contributed by atoms with van der Waals surface area (Å²) in [4.78, 5) is 10.1. The molecule has 3 heteroatoms. The number of fused-ring (bicyclic) bond motifs is 4. The topological polar surface area (TPSA) is 30.7 Å². The molecule has 9 rings (SSSR count). The fourth-order valence-corrected chi connectivity index (χ4v) is 6.71.